The van der Waals surface area contributed by atoms with E-state index in [1.54, 1.807) is 11.8 Å². The quantitative estimate of drug-likeness (QED) is 0.823. The molecular formula is C20H21N2OS+. The molecule has 24 heavy (non-hydrogen) atoms. The molecule has 2 aliphatic heterocycles. The topological polar surface area (TPSA) is 33.5 Å². The number of aryl methyl sites for hydroxylation is 1. The Hall–Kier alpha value is -2.04. The van der Waals surface area contributed by atoms with E-state index in [0.717, 1.165) is 30.0 Å². The van der Waals surface area contributed by atoms with Gasteiger partial charge in [0.05, 0.1) is 11.4 Å². The van der Waals surface area contributed by atoms with E-state index < -0.39 is 0 Å². The highest BCUT2D eigenvalue weighted by atomic mass is 32.2. The maximum atomic E-state index is 12.3. The molecular weight excluding hydrogens is 316 g/mol. The Morgan fingerprint density at radius 1 is 1.12 bits per heavy atom. The molecule has 2 aromatic carbocycles. The van der Waals surface area contributed by atoms with Gasteiger partial charge >= 0.3 is 0 Å². The predicted molar refractivity (Wildman–Crippen MR) is 98.4 cm³/mol. The molecule has 2 heterocycles. The van der Waals surface area contributed by atoms with Crippen LogP contribution >= 0.6 is 11.8 Å². The Morgan fingerprint density at radius 3 is 2.67 bits per heavy atom. The monoisotopic (exact) mass is 337 g/mol. The van der Waals surface area contributed by atoms with Crippen LogP contribution in [0.2, 0.25) is 0 Å². The van der Waals surface area contributed by atoms with Crippen LogP contribution in [0.1, 0.15) is 22.3 Å². The van der Waals surface area contributed by atoms with Gasteiger partial charge in [0, 0.05) is 12.0 Å². The number of thioether (sulfide) groups is 1. The first-order chi connectivity index (χ1) is 11.7. The third kappa shape index (κ3) is 3.12. The lowest BCUT2D eigenvalue weighted by Crippen LogP contribution is -3.16. The van der Waals surface area contributed by atoms with E-state index in [-0.39, 0.29) is 11.4 Å². The van der Waals surface area contributed by atoms with Crippen molar-refractivity contribution >= 4 is 23.7 Å². The molecule has 2 N–H and O–H groups in total. The highest BCUT2D eigenvalue weighted by molar-refractivity contribution is 8.05. The second kappa shape index (κ2) is 6.46. The van der Waals surface area contributed by atoms with E-state index in [9.17, 15) is 4.79 Å². The Labute approximate surface area is 146 Å². The lowest BCUT2D eigenvalue weighted by Gasteiger charge is -2.29. The minimum atomic E-state index is 0.0527. The molecule has 0 bridgehead atoms. The summed E-state index contributed by atoms with van der Waals surface area (Å²) in [7, 11) is 0. The summed E-state index contributed by atoms with van der Waals surface area (Å²) in [5.74, 6) is 0.0527. The number of nitrogens with one attached hydrogen (secondary N) is 2. The third-order valence-corrected chi connectivity index (χ3v) is 5.97. The zero-order valence-corrected chi connectivity index (χ0v) is 14.5. The van der Waals surface area contributed by atoms with Gasteiger partial charge in [-0.05, 0) is 35.9 Å². The van der Waals surface area contributed by atoms with Crippen molar-refractivity contribution < 1.29 is 9.69 Å². The molecule has 0 saturated carbocycles. The average molecular weight is 337 g/mol. The number of carbonyl (C=O) groups is 1. The first kappa shape index (κ1) is 15.5. The molecule has 0 aromatic heterocycles. The standard InChI is InChI=1S/C20H20N2OS/c1-14-6-8-15(9-7-14)12-18-19(23)21-20(24-18)22-11-10-16-4-2-3-5-17(16)13-22/h2-9,12,20H,10-11,13H2,1H3,(H,21,23)/p+1/b18-12-/t20-/m1/s1. The first-order valence-corrected chi connectivity index (χ1v) is 9.24. The van der Waals surface area contributed by atoms with Crippen molar-refractivity contribution in [1.82, 2.24) is 5.32 Å². The molecule has 1 unspecified atom stereocenters. The Morgan fingerprint density at radius 2 is 1.88 bits per heavy atom. The zero-order chi connectivity index (χ0) is 16.5. The van der Waals surface area contributed by atoms with Crippen LogP contribution in [0.5, 0.6) is 0 Å². The number of carbonyl (C=O) groups excluding carboxylic acids is 1. The van der Waals surface area contributed by atoms with Crippen molar-refractivity contribution in [2.45, 2.75) is 25.4 Å². The fraction of sp³-hybridized carbons (Fsp3) is 0.250. The lowest BCUT2D eigenvalue weighted by atomic mass is 10.0. The summed E-state index contributed by atoms with van der Waals surface area (Å²) < 4.78 is 0. The van der Waals surface area contributed by atoms with Gasteiger partial charge in [-0.15, -0.1) is 0 Å². The van der Waals surface area contributed by atoms with E-state index in [0.29, 0.717) is 0 Å². The summed E-state index contributed by atoms with van der Waals surface area (Å²) in [5, 5.41) is 3.15. The van der Waals surface area contributed by atoms with Crippen LogP contribution in [-0.4, -0.2) is 17.9 Å². The molecule has 2 atom stereocenters. The zero-order valence-electron chi connectivity index (χ0n) is 13.7. The van der Waals surface area contributed by atoms with Crippen LogP contribution in [0.15, 0.2) is 53.4 Å². The molecule has 122 valence electrons. The Kier molecular flexibility index (Phi) is 4.17. The summed E-state index contributed by atoms with van der Waals surface area (Å²) in [6.07, 6.45) is 3.08. The van der Waals surface area contributed by atoms with Gasteiger partial charge in [0.1, 0.15) is 6.54 Å². The van der Waals surface area contributed by atoms with Gasteiger partial charge < -0.3 is 4.90 Å². The third-order valence-electron chi connectivity index (χ3n) is 4.73. The van der Waals surface area contributed by atoms with Crippen LogP contribution < -0.4 is 10.2 Å². The molecule has 0 aliphatic carbocycles. The summed E-state index contributed by atoms with van der Waals surface area (Å²) in [4.78, 5) is 14.6. The van der Waals surface area contributed by atoms with Crippen molar-refractivity contribution in [3.63, 3.8) is 0 Å². The summed E-state index contributed by atoms with van der Waals surface area (Å²) in [6.45, 7) is 4.11. The van der Waals surface area contributed by atoms with Crippen molar-refractivity contribution in [2.75, 3.05) is 6.54 Å². The maximum absolute atomic E-state index is 12.3. The molecule has 2 aliphatic rings. The van der Waals surface area contributed by atoms with E-state index in [4.69, 9.17) is 0 Å². The van der Waals surface area contributed by atoms with Crippen LogP contribution in [0.4, 0.5) is 0 Å². The Bertz CT molecular complexity index is 798. The van der Waals surface area contributed by atoms with Gasteiger partial charge in [-0.3, -0.25) is 10.1 Å². The molecule has 4 heteroatoms. The largest absolute Gasteiger partial charge is 0.302 e. The normalized spacial score (nSPS) is 24.7. The first-order valence-electron chi connectivity index (χ1n) is 8.36. The van der Waals surface area contributed by atoms with E-state index in [1.807, 2.05) is 6.08 Å². The second-order valence-corrected chi connectivity index (χ2v) is 7.64. The number of amides is 1. The highest BCUT2D eigenvalue weighted by Gasteiger charge is 2.36. The second-order valence-electron chi connectivity index (χ2n) is 6.49. The van der Waals surface area contributed by atoms with E-state index in [1.165, 1.54) is 21.6 Å². The molecule has 3 nitrogen and oxygen atoms in total. The summed E-state index contributed by atoms with van der Waals surface area (Å²) >= 11 is 1.66. The minimum absolute atomic E-state index is 0.0527. The highest BCUT2D eigenvalue weighted by Crippen LogP contribution is 2.27. The average Bonchev–Trinajstić information content (AvgIpc) is 2.97. The summed E-state index contributed by atoms with van der Waals surface area (Å²) in [6, 6.07) is 16.9. The number of rotatable bonds is 2. The number of quaternary nitrogens is 1. The van der Waals surface area contributed by atoms with Crippen molar-refractivity contribution in [2.24, 2.45) is 0 Å². The fourth-order valence-corrected chi connectivity index (χ4v) is 4.48. The van der Waals surface area contributed by atoms with Crippen LogP contribution in [-0.2, 0) is 17.8 Å². The van der Waals surface area contributed by atoms with Gasteiger partial charge in [-0.1, -0.05) is 54.1 Å². The van der Waals surface area contributed by atoms with E-state index in [2.05, 4.69) is 60.8 Å². The molecule has 1 saturated heterocycles. The number of benzene rings is 2. The fourth-order valence-electron chi connectivity index (χ4n) is 3.33. The molecule has 4 rings (SSSR count). The van der Waals surface area contributed by atoms with Gasteiger partial charge in [0.2, 0.25) is 5.50 Å². The minimum Gasteiger partial charge on any atom is -0.302 e. The molecule has 0 spiro atoms. The predicted octanol–water partition coefficient (Wildman–Crippen LogP) is 2.12. The molecule has 1 fully saturated rings. The smallest absolute Gasteiger partial charge is 0.263 e. The maximum Gasteiger partial charge on any atom is 0.263 e. The van der Waals surface area contributed by atoms with Crippen molar-refractivity contribution in [3.05, 3.63) is 75.7 Å². The van der Waals surface area contributed by atoms with Crippen LogP contribution in [0.3, 0.4) is 0 Å². The van der Waals surface area contributed by atoms with Crippen molar-refractivity contribution in [3.8, 4) is 0 Å². The van der Waals surface area contributed by atoms with E-state index >= 15 is 0 Å². The Balaban J connectivity index is 1.49. The van der Waals surface area contributed by atoms with Gasteiger partial charge in [-0.25, -0.2) is 0 Å². The SMILES string of the molecule is Cc1ccc(/C=C2\S[C@@H]([NH+]3CCc4ccccc4C3)NC2=O)cc1. The molecule has 2 aromatic rings. The number of hydrogen-bond donors (Lipinski definition) is 2. The van der Waals surface area contributed by atoms with Crippen LogP contribution in [0, 0.1) is 6.92 Å². The number of hydrogen-bond acceptors (Lipinski definition) is 2. The van der Waals surface area contributed by atoms with Gasteiger partial charge in [-0.2, -0.15) is 0 Å². The van der Waals surface area contributed by atoms with Gasteiger partial charge in [0.15, 0.2) is 0 Å². The van der Waals surface area contributed by atoms with Crippen LogP contribution in [0.25, 0.3) is 6.08 Å². The molecule has 0 radical (unpaired) electrons. The summed E-state index contributed by atoms with van der Waals surface area (Å²) in [5.41, 5.74) is 5.28. The lowest BCUT2D eigenvalue weighted by molar-refractivity contribution is -0.927. The number of fused-ring (bicyclic) bond motifs is 1. The van der Waals surface area contributed by atoms with Crippen molar-refractivity contribution in [1.29, 1.82) is 0 Å². The van der Waals surface area contributed by atoms with Gasteiger partial charge in [0.25, 0.3) is 5.91 Å². The molecule has 1 amide bonds.